The molecule has 0 saturated heterocycles. The second-order valence-corrected chi connectivity index (χ2v) is 5.95. The van der Waals surface area contributed by atoms with Gasteiger partial charge in [0.05, 0.1) is 12.0 Å². The fourth-order valence-corrected chi connectivity index (χ4v) is 3.00. The van der Waals surface area contributed by atoms with Crippen molar-refractivity contribution in [1.29, 1.82) is 0 Å². The minimum Gasteiger partial charge on any atom is -0.332 e. The van der Waals surface area contributed by atoms with Gasteiger partial charge in [-0.15, -0.1) is 0 Å². The van der Waals surface area contributed by atoms with Crippen molar-refractivity contribution in [2.24, 2.45) is 5.73 Å². The van der Waals surface area contributed by atoms with E-state index in [1.165, 1.54) is 40.9 Å². The highest BCUT2D eigenvalue weighted by atomic mass is 15.1. The summed E-state index contributed by atoms with van der Waals surface area (Å²) in [5.41, 5.74) is 12.9. The number of aryl methyl sites for hydroxylation is 3. The van der Waals surface area contributed by atoms with Crippen molar-refractivity contribution < 1.29 is 0 Å². The number of nitrogens with two attached hydrogens (primary N) is 1. The van der Waals surface area contributed by atoms with Gasteiger partial charge >= 0.3 is 0 Å². The maximum atomic E-state index is 6.39. The largest absolute Gasteiger partial charge is 0.332 e. The van der Waals surface area contributed by atoms with Crippen LogP contribution < -0.4 is 5.73 Å². The zero-order valence-corrected chi connectivity index (χ0v) is 12.4. The predicted molar refractivity (Wildman–Crippen MR) is 81.7 cm³/mol. The molecule has 2 N–H and O–H groups in total. The molecule has 3 rings (SSSR count). The fraction of sp³-hybridized carbons (Fsp3) is 0.471. The van der Waals surface area contributed by atoms with E-state index in [-0.39, 0.29) is 6.04 Å². The lowest BCUT2D eigenvalue weighted by atomic mass is 9.99. The third kappa shape index (κ3) is 2.50. The number of aromatic nitrogens is 2. The lowest BCUT2D eigenvalue weighted by Crippen LogP contribution is -2.19. The van der Waals surface area contributed by atoms with Gasteiger partial charge in [-0.2, -0.15) is 0 Å². The van der Waals surface area contributed by atoms with Crippen molar-refractivity contribution in [2.75, 3.05) is 0 Å². The van der Waals surface area contributed by atoms with E-state index in [1.54, 1.807) is 0 Å². The molecule has 0 radical (unpaired) electrons. The van der Waals surface area contributed by atoms with Gasteiger partial charge in [-0.3, -0.25) is 0 Å². The Morgan fingerprint density at radius 2 is 2.00 bits per heavy atom. The van der Waals surface area contributed by atoms with Crippen LogP contribution in [0.3, 0.4) is 0 Å². The van der Waals surface area contributed by atoms with Crippen LogP contribution in [-0.2, 0) is 19.4 Å². The number of nitrogens with zero attached hydrogens (tertiary/aromatic N) is 2. The van der Waals surface area contributed by atoms with E-state index in [0.29, 0.717) is 0 Å². The summed E-state index contributed by atoms with van der Waals surface area (Å²) in [7, 11) is 0. The second kappa shape index (κ2) is 5.41. The lowest BCUT2D eigenvalue weighted by molar-refractivity contribution is 0.541. The van der Waals surface area contributed by atoms with Crippen LogP contribution in [0.2, 0.25) is 0 Å². The minimum absolute atomic E-state index is 0.0366. The van der Waals surface area contributed by atoms with E-state index >= 15 is 0 Å². The number of hydrogen-bond acceptors (Lipinski definition) is 2. The molecule has 0 bridgehead atoms. The maximum absolute atomic E-state index is 6.39. The van der Waals surface area contributed by atoms with E-state index in [1.807, 2.05) is 6.33 Å². The first-order valence-electron chi connectivity index (χ1n) is 7.51. The summed E-state index contributed by atoms with van der Waals surface area (Å²) in [6.07, 6.45) is 6.79. The van der Waals surface area contributed by atoms with Crippen LogP contribution in [0, 0.1) is 13.8 Å². The molecule has 0 saturated carbocycles. The van der Waals surface area contributed by atoms with Gasteiger partial charge in [0.25, 0.3) is 0 Å². The van der Waals surface area contributed by atoms with Gasteiger partial charge in [0.2, 0.25) is 0 Å². The van der Waals surface area contributed by atoms with Crippen LogP contribution in [0.4, 0.5) is 0 Å². The molecule has 0 aliphatic heterocycles. The molecule has 1 aromatic heterocycles. The van der Waals surface area contributed by atoms with Crippen LogP contribution in [0.1, 0.15) is 47.0 Å². The summed E-state index contributed by atoms with van der Waals surface area (Å²) >= 11 is 0. The number of benzene rings is 1. The third-order valence-electron chi connectivity index (χ3n) is 4.46. The summed E-state index contributed by atoms with van der Waals surface area (Å²) in [6.45, 7) is 5.10. The fourth-order valence-electron chi connectivity index (χ4n) is 3.00. The van der Waals surface area contributed by atoms with Gasteiger partial charge in [0, 0.05) is 18.3 Å². The standard InChI is InChI=1S/C17H23N3/c1-12-7-8-14(9-13(12)2)15(18)10-20-11-19-16-5-3-4-6-17(16)20/h7-9,11,15H,3-6,10,18H2,1-2H3. The van der Waals surface area contributed by atoms with Gasteiger partial charge in [0.1, 0.15) is 0 Å². The summed E-state index contributed by atoms with van der Waals surface area (Å²) in [6, 6.07) is 6.56. The van der Waals surface area contributed by atoms with Crippen molar-refractivity contribution >= 4 is 0 Å². The Bertz CT molecular complexity index is 613. The van der Waals surface area contributed by atoms with Gasteiger partial charge in [-0.1, -0.05) is 18.2 Å². The van der Waals surface area contributed by atoms with Crippen LogP contribution in [0.15, 0.2) is 24.5 Å². The number of rotatable bonds is 3. The van der Waals surface area contributed by atoms with Crippen LogP contribution in [0.25, 0.3) is 0 Å². The highest BCUT2D eigenvalue weighted by Crippen LogP contribution is 2.22. The summed E-state index contributed by atoms with van der Waals surface area (Å²) in [5.74, 6) is 0. The molecule has 0 amide bonds. The molecular weight excluding hydrogens is 246 g/mol. The van der Waals surface area contributed by atoms with Gasteiger partial charge in [-0.25, -0.2) is 4.98 Å². The van der Waals surface area contributed by atoms with Crippen molar-refractivity contribution in [3.05, 3.63) is 52.6 Å². The second-order valence-electron chi connectivity index (χ2n) is 5.95. The summed E-state index contributed by atoms with van der Waals surface area (Å²) < 4.78 is 2.26. The summed E-state index contributed by atoms with van der Waals surface area (Å²) in [5, 5.41) is 0. The molecule has 0 fully saturated rings. The van der Waals surface area contributed by atoms with Crippen molar-refractivity contribution in [2.45, 2.75) is 52.1 Å². The zero-order chi connectivity index (χ0) is 14.1. The topological polar surface area (TPSA) is 43.8 Å². The molecule has 1 aliphatic carbocycles. The molecule has 3 nitrogen and oxygen atoms in total. The molecule has 2 aromatic rings. The van der Waals surface area contributed by atoms with E-state index in [2.05, 4.69) is 41.6 Å². The molecule has 0 spiro atoms. The average Bonchev–Trinajstić information content (AvgIpc) is 2.85. The van der Waals surface area contributed by atoms with Gasteiger partial charge in [0.15, 0.2) is 0 Å². The van der Waals surface area contributed by atoms with E-state index in [0.717, 1.165) is 19.4 Å². The Morgan fingerprint density at radius 1 is 1.20 bits per heavy atom. The average molecular weight is 269 g/mol. The van der Waals surface area contributed by atoms with E-state index in [9.17, 15) is 0 Å². The van der Waals surface area contributed by atoms with Crippen molar-refractivity contribution in [3.63, 3.8) is 0 Å². The molecule has 3 heteroatoms. The summed E-state index contributed by atoms with van der Waals surface area (Å²) in [4.78, 5) is 4.54. The van der Waals surface area contributed by atoms with Gasteiger partial charge in [-0.05, 0) is 56.2 Å². The molecule has 106 valence electrons. The van der Waals surface area contributed by atoms with Gasteiger partial charge < -0.3 is 10.3 Å². The lowest BCUT2D eigenvalue weighted by Gasteiger charge is -2.18. The van der Waals surface area contributed by atoms with E-state index < -0.39 is 0 Å². The molecular formula is C17H23N3. The number of fused-ring (bicyclic) bond motifs is 1. The first-order chi connectivity index (χ1) is 9.65. The SMILES string of the molecule is Cc1ccc(C(N)Cn2cnc3c2CCCC3)cc1C. The molecule has 1 aliphatic rings. The number of hydrogen-bond donors (Lipinski definition) is 1. The Hall–Kier alpha value is -1.61. The highest BCUT2D eigenvalue weighted by Gasteiger charge is 2.17. The monoisotopic (exact) mass is 269 g/mol. The Morgan fingerprint density at radius 3 is 2.80 bits per heavy atom. The first-order valence-corrected chi connectivity index (χ1v) is 7.51. The quantitative estimate of drug-likeness (QED) is 0.930. The Kier molecular flexibility index (Phi) is 3.62. The van der Waals surface area contributed by atoms with Crippen molar-refractivity contribution in [3.8, 4) is 0 Å². The van der Waals surface area contributed by atoms with Crippen LogP contribution >= 0.6 is 0 Å². The van der Waals surface area contributed by atoms with Crippen LogP contribution in [0.5, 0.6) is 0 Å². The highest BCUT2D eigenvalue weighted by molar-refractivity contribution is 5.31. The predicted octanol–water partition coefficient (Wildman–Crippen LogP) is 3.08. The minimum atomic E-state index is 0.0366. The normalized spacial score (nSPS) is 15.9. The smallest absolute Gasteiger partial charge is 0.0952 e. The number of imidazole rings is 1. The van der Waals surface area contributed by atoms with Crippen molar-refractivity contribution in [1.82, 2.24) is 9.55 Å². The maximum Gasteiger partial charge on any atom is 0.0952 e. The first kappa shape index (κ1) is 13.4. The molecule has 1 unspecified atom stereocenters. The molecule has 1 atom stereocenters. The third-order valence-corrected chi connectivity index (χ3v) is 4.46. The molecule has 1 aromatic carbocycles. The zero-order valence-electron chi connectivity index (χ0n) is 12.4. The molecule has 1 heterocycles. The molecule has 20 heavy (non-hydrogen) atoms. The Balaban J connectivity index is 1.80. The van der Waals surface area contributed by atoms with E-state index in [4.69, 9.17) is 5.73 Å². The Labute approximate surface area is 120 Å². The van der Waals surface area contributed by atoms with Crippen LogP contribution in [-0.4, -0.2) is 9.55 Å².